The highest BCUT2D eigenvalue weighted by Crippen LogP contribution is 2.22. The second kappa shape index (κ2) is 6.70. The van der Waals surface area contributed by atoms with Gasteiger partial charge in [0.2, 0.25) is 0 Å². The molecule has 1 aromatic carbocycles. The Kier molecular flexibility index (Phi) is 4.94. The van der Waals surface area contributed by atoms with Gasteiger partial charge in [-0.25, -0.2) is 0 Å². The number of guanidine groups is 1. The van der Waals surface area contributed by atoms with Crippen LogP contribution < -0.4 is 20.1 Å². The first-order valence-electron chi connectivity index (χ1n) is 7.26. The zero-order chi connectivity index (χ0) is 15.3. The average Bonchev–Trinajstić information content (AvgIpc) is 2.48. The topological polar surface area (TPSA) is 54.9 Å². The number of nitrogens with zero attached hydrogens (tertiary/aromatic N) is 1. The lowest BCUT2D eigenvalue weighted by molar-refractivity contribution is 0.358. The molecule has 2 N–H and O–H groups in total. The fraction of sp³-hybridized carbons (Fsp3) is 0.562. The molecule has 5 nitrogen and oxygen atoms in total. The molecule has 0 bridgehead atoms. The van der Waals surface area contributed by atoms with Crippen molar-refractivity contribution >= 4 is 5.96 Å². The molecule has 0 atom stereocenters. The molecule has 1 aromatic rings. The second-order valence-electron chi connectivity index (χ2n) is 6.08. The van der Waals surface area contributed by atoms with Gasteiger partial charge in [-0.15, -0.1) is 0 Å². The highest BCUT2D eigenvalue weighted by molar-refractivity contribution is 5.80. The van der Waals surface area contributed by atoms with E-state index in [1.54, 1.807) is 14.2 Å². The van der Waals surface area contributed by atoms with E-state index in [1.807, 2.05) is 18.2 Å². The van der Waals surface area contributed by atoms with Crippen molar-refractivity contribution in [1.29, 1.82) is 0 Å². The van der Waals surface area contributed by atoms with Crippen LogP contribution in [0.25, 0.3) is 0 Å². The summed E-state index contributed by atoms with van der Waals surface area (Å²) >= 11 is 0. The normalized spacial score (nSPS) is 16.7. The van der Waals surface area contributed by atoms with Crippen molar-refractivity contribution < 1.29 is 9.47 Å². The van der Waals surface area contributed by atoms with Crippen molar-refractivity contribution in [3.05, 3.63) is 23.8 Å². The van der Waals surface area contributed by atoms with Crippen LogP contribution in [0.1, 0.15) is 19.4 Å². The molecule has 0 aliphatic carbocycles. The van der Waals surface area contributed by atoms with Crippen LogP contribution in [0.15, 0.2) is 23.2 Å². The molecule has 116 valence electrons. The molecule has 0 unspecified atom stereocenters. The van der Waals surface area contributed by atoms with Gasteiger partial charge in [0.25, 0.3) is 0 Å². The Balaban J connectivity index is 1.87. The highest BCUT2D eigenvalue weighted by Gasteiger charge is 2.21. The van der Waals surface area contributed by atoms with Gasteiger partial charge in [0, 0.05) is 31.1 Å². The molecule has 1 heterocycles. The predicted molar refractivity (Wildman–Crippen MR) is 85.3 cm³/mol. The Labute approximate surface area is 126 Å². The van der Waals surface area contributed by atoms with Gasteiger partial charge in [-0.05, 0) is 24.1 Å². The van der Waals surface area contributed by atoms with Gasteiger partial charge in [-0.3, -0.25) is 4.99 Å². The van der Waals surface area contributed by atoms with Crippen molar-refractivity contribution in [2.75, 3.05) is 33.9 Å². The third kappa shape index (κ3) is 4.55. The van der Waals surface area contributed by atoms with Crippen LogP contribution >= 0.6 is 0 Å². The van der Waals surface area contributed by atoms with Crippen molar-refractivity contribution in [1.82, 2.24) is 10.6 Å². The van der Waals surface area contributed by atoms with E-state index in [0.717, 1.165) is 43.5 Å². The minimum Gasteiger partial charge on any atom is -0.497 e. The van der Waals surface area contributed by atoms with E-state index in [-0.39, 0.29) is 5.41 Å². The summed E-state index contributed by atoms with van der Waals surface area (Å²) in [6.07, 6.45) is 0.887. The van der Waals surface area contributed by atoms with Gasteiger partial charge in [0.1, 0.15) is 11.5 Å². The molecular weight excluding hydrogens is 266 g/mol. The van der Waals surface area contributed by atoms with Crippen molar-refractivity contribution in [3.63, 3.8) is 0 Å². The second-order valence-corrected chi connectivity index (χ2v) is 6.08. The molecule has 0 saturated heterocycles. The Morgan fingerprint density at radius 3 is 2.38 bits per heavy atom. The number of benzene rings is 1. The molecular formula is C16H25N3O2. The van der Waals surface area contributed by atoms with E-state index >= 15 is 0 Å². The lowest BCUT2D eigenvalue weighted by Crippen LogP contribution is -2.47. The van der Waals surface area contributed by atoms with Crippen LogP contribution in [0.2, 0.25) is 0 Å². The summed E-state index contributed by atoms with van der Waals surface area (Å²) < 4.78 is 10.6. The number of aliphatic imine (C=N–C) groups is 1. The molecule has 0 radical (unpaired) electrons. The third-order valence-corrected chi connectivity index (χ3v) is 3.52. The quantitative estimate of drug-likeness (QED) is 0.869. The van der Waals surface area contributed by atoms with Crippen LogP contribution in [-0.4, -0.2) is 39.8 Å². The first kappa shape index (κ1) is 15.5. The third-order valence-electron chi connectivity index (χ3n) is 3.52. The molecule has 0 spiro atoms. The van der Waals surface area contributed by atoms with E-state index in [9.17, 15) is 0 Å². The van der Waals surface area contributed by atoms with Crippen LogP contribution in [0.4, 0.5) is 0 Å². The summed E-state index contributed by atoms with van der Waals surface area (Å²) in [5.41, 5.74) is 1.42. The van der Waals surface area contributed by atoms with E-state index in [0.29, 0.717) is 0 Å². The number of nitrogens with one attached hydrogen (secondary N) is 2. The fourth-order valence-corrected chi connectivity index (χ4v) is 2.18. The molecule has 1 aliphatic rings. The summed E-state index contributed by atoms with van der Waals surface area (Å²) in [6, 6.07) is 5.94. The number of hydrogen-bond donors (Lipinski definition) is 2. The van der Waals surface area contributed by atoms with Gasteiger partial charge in [-0.1, -0.05) is 13.8 Å². The predicted octanol–water partition coefficient (Wildman–Crippen LogP) is 1.82. The number of methoxy groups -OCH3 is 2. The minimum absolute atomic E-state index is 0.241. The molecule has 5 heteroatoms. The molecule has 0 amide bonds. The first-order chi connectivity index (χ1) is 10.0. The Hall–Kier alpha value is -1.91. The Morgan fingerprint density at radius 1 is 1.19 bits per heavy atom. The summed E-state index contributed by atoms with van der Waals surface area (Å²) in [7, 11) is 3.33. The zero-order valence-electron chi connectivity index (χ0n) is 13.3. The summed E-state index contributed by atoms with van der Waals surface area (Å²) in [4.78, 5) is 4.53. The van der Waals surface area contributed by atoms with E-state index < -0.39 is 0 Å². The molecule has 0 aromatic heterocycles. The van der Waals surface area contributed by atoms with Crippen LogP contribution in [0, 0.1) is 5.41 Å². The smallest absolute Gasteiger partial charge is 0.191 e. The van der Waals surface area contributed by atoms with E-state index in [4.69, 9.17) is 9.47 Å². The molecule has 2 rings (SSSR count). The lowest BCUT2D eigenvalue weighted by Gasteiger charge is -2.29. The van der Waals surface area contributed by atoms with Crippen LogP contribution in [-0.2, 0) is 6.42 Å². The lowest BCUT2D eigenvalue weighted by atomic mass is 9.93. The molecule has 0 fully saturated rings. The monoisotopic (exact) mass is 291 g/mol. The Bertz CT molecular complexity index is 490. The molecule has 1 aliphatic heterocycles. The fourth-order valence-electron chi connectivity index (χ4n) is 2.18. The van der Waals surface area contributed by atoms with Crippen molar-refractivity contribution in [2.24, 2.45) is 10.4 Å². The van der Waals surface area contributed by atoms with E-state index in [2.05, 4.69) is 29.5 Å². The maximum atomic E-state index is 5.28. The summed E-state index contributed by atoms with van der Waals surface area (Å²) in [5.74, 6) is 2.53. The SMILES string of the molecule is COc1cc(CCNC2=NCC(C)(C)CN2)cc(OC)c1. The van der Waals surface area contributed by atoms with Gasteiger partial charge in [0.05, 0.1) is 14.2 Å². The van der Waals surface area contributed by atoms with Gasteiger partial charge in [0.15, 0.2) is 5.96 Å². The van der Waals surface area contributed by atoms with Crippen molar-refractivity contribution in [2.45, 2.75) is 20.3 Å². The Morgan fingerprint density at radius 2 is 1.86 bits per heavy atom. The van der Waals surface area contributed by atoms with Crippen LogP contribution in [0.5, 0.6) is 11.5 Å². The number of rotatable bonds is 5. The minimum atomic E-state index is 0.241. The summed E-state index contributed by atoms with van der Waals surface area (Å²) in [5, 5.41) is 6.67. The zero-order valence-corrected chi connectivity index (χ0v) is 13.3. The van der Waals surface area contributed by atoms with Gasteiger partial charge in [-0.2, -0.15) is 0 Å². The first-order valence-corrected chi connectivity index (χ1v) is 7.26. The van der Waals surface area contributed by atoms with Crippen molar-refractivity contribution in [3.8, 4) is 11.5 Å². The standard InChI is InChI=1S/C16H25N3O2/c1-16(2)10-18-15(19-11-16)17-6-5-12-7-13(20-3)9-14(8-12)21-4/h7-9H,5-6,10-11H2,1-4H3,(H2,17,18,19). The molecule has 0 saturated carbocycles. The summed E-state index contributed by atoms with van der Waals surface area (Å²) in [6.45, 7) is 7.05. The van der Waals surface area contributed by atoms with Gasteiger partial charge < -0.3 is 20.1 Å². The highest BCUT2D eigenvalue weighted by atomic mass is 16.5. The average molecular weight is 291 g/mol. The molecule has 21 heavy (non-hydrogen) atoms. The number of ether oxygens (including phenoxy) is 2. The largest absolute Gasteiger partial charge is 0.497 e. The van der Waals surface area contributed by atoms with E-state index in [1.165, 1.54) is 5.56 Å². The maximum absolute atomic E-state index is 5.28. The number of hydrogen-bond acceptors (Lipinski definition) is 5. The maximum Gasteiger partial charge on any atom is 0.191 e. The van der Waals surface area contributed by atoms with Gasteiger partial charge >= 0.3 is 0 Å². The van der Waals surface area contributed by atoms with Crippen LogP contribution in [0.3, 0.4) is 0 Å².